The molecule has 0 aliphatic heterocycles. The van der Waals surface area contributed by atoms with Crippen molar-refractivity contribution in [3.8, 4) is 0 Å². The number of esters is 1. The Bertz CT molecular complexity index is 941. The van der Waals surface area contributed by atoms with Gasteiger partial charge in [-0.1, -0.05) is 65.8 Å². The van der Waals surface area contributed by atoms with Gasteiger partial charge in [-0.2, -0.15) is 0 Å². The van der Waals surface area contributed by atoms with Crippen molar-refractivity contribution in [2.45, 2.75) is 45.1 Å². The molecule has 0 aliphatic carbocycles. The van der Waals surface area contributed by atoms with Gasteiger partial charge in [-0.25, -0.2) is 4.98 Å². The summed E-state index contributed by atoms with van der Waals surface area (Å²) >= 11 is 0. The van der Waals surface area contributed by atoms with E-state index in [-0.39, 0.29) is 12.0 Å². The lowest BCUT2D eigenvalue weighted by atomic mass is 9.96. The molecule has 6 heteroatoms. The third-order valence-corrected chi connectivity index (χ3v) is 5.13. The topological polar surface area (TPSA) is 65.7 Å². The lowest BCUT2D eigenvalue weighted by Gasteiger charge is -2.21. The second-order valence-corrected chi connectivity index (χ2v) is 7.51. The van der Waals surface area contributed by atoms with Gasteiger partial charge < -0.3 is 14.1 Å². The number of unbranched alkanes of at least 4 members (excludes halogenated alkanes) is 2. The minimum absolute atomic E-state index is 0.0499. The predicted molar refractivity (Wildman–Crippen MR) is 125 cm³/mol. The summed E-state index contributed by atoms with van der Waals surface area (Å²) in [6.45, 7) is 2.75. The molecule has 0 radical (unpaired) electrons. The van der Waals surface area contributed by atoms with Gasteiger partial charge in [0.25, 0.3) is 0 Å². The summed E-state index contributed by atoms with van der Waals surface area (Å²) in [5, 5.41) is 4.59. The van der Waals surface area contributed by atoms with E-state index in [1.54, 1.807) is 6.20 Å². The number of aromatic nitrogens is 2. The molecule has 32 heavy (non-hydrogen) atoms. The molecule has 0 aliphatic rings. The van der Waals surface area contributed by atoms with Crippen molar-refractivity contribution >= 4 is 11.7 Å². The summed E-state index contributed by atoms with van der Waals surface area (Å²) < 4.78 is 7.03. The molecule has 0 amide bonds. The fourth-order valence-corrected chi connectivity index (χ4v) is 3.51. The average molecular weight is 434 g/mol. The second kappa shape index (κ2) is 13.1. The monoisotopic (exact) mass is 433 g/mol. The highest BCUT2D eigenvalue weighted by atomic mass is 16.6. The number of oxime groups is 1. The fraction of sp³-hybridized carbons (Fsp3) is 0.346. The van der Waals surface area contributed by atoms with E-state index >= 15 is 0 Å². The molecule has 0 N–H and O–H groups in total. The third-order valence-electron chi connectivity index (χ3n) is 5.13. The Balaban J connectivity index is 1.69. The highest BCUT2D eigenvalue weighted by Gasteiger charge is 2.21. The van der Waals surface area contributed by atoms with Crippen LogP contribution in [0.2, 0.25) is 0 Å². The number of rotatable bonds is 13. The Kier molecular flexibility index (Phi) is 9.52. The number of carbonyl (C=O) groups is 1. The molecule has 1 aromatic heterocycles. The van der Waals surface area contributed by atoms with Crippen molar-refractivity contribution in [3.05, 3.63) is 90.5 Å². The van der Waals surface area contributed by atoms with Gasteiger partial charge in [0.2, 0.25) is 0 Å². The number of nitrogens with zero attached hydrogens (tertiary/aromatic N) is 3. The van der Waals surface area contributed by atoms with Crippen molar-refractivity contribution in [2.24, 2.45) is 5.16 Å². The van der Waals surface area contributed by atoms with E-state index in [0.29, 0.717) is 19.6 Å². The molecule has 0 saturated carbocycles. The molecular formula is C26H31N3O3. The summed E-state index contributed by atoms with van der Waals surface area (Å²) in [4.78, 5) is 21.4. The first kappa shape index (κ1) is 23.3. The maximum absolute atomic E-state index is 11.4. The maximum Gasteiger partial charge on any atom is 0.305 e. The molecule has 0 bridgehead atoms. The van der Waals surface area contributed by atoms with Crippen LogP contribution in [-0.4, -0.2) is 34.4 Å². The zero-order valence-corrected chi connectivity index (χ0v) is 18.6. The molecule has 2 aromatic carbocycles. The summed E-state index contributed by atoms with van der Waals surface area (Å²) in [5.74, 6) is -0.137. The zero-order valence-electron chi connectivity index (χ0n) is 18.6. The van der Waals surface area contributed by atoms with Gasteiger partial charge in [0, 0.05) is 24.4 Å². The van der Waals surface area contributed by atoms with Crippen LogP contribution in [0.3, 0.4) is 0 Å². The van der Waals surface area contributed by atoms with Crippen LogP contribution in [0.4, 0.5) is 0 Å². The molecule has 1 unspecified atom stereocenters. The van der Waals surface area contributed by atoms with Gasteiger partial charge in [-0.05, 0) is 38.2 Å². The number of carbonyl (C=O) groups excluding carboxylic acids is 1. The first-order valence-electron chi connectivity index (χ1n) is 11.2. The number of benzene rings is 2. The van der Waals surface area contributed by atoms with E-state index in [2.05, 4.69) is 39.0 Å². The number of imidazole rings is 1. The minimum atomic E-state index is -0.137. The molecule has 0 spiro atoms. The lowest BCUT2D eigenvalue weighted by molar-refractivity contribution is -0.143. The minimum Gasteiger partial charge on any atom is -0.466 e. The van der Waals surface area contributed by atoms with E-state index in [1.807, 2.05) is 55.8 Å². The molecule has 1 heterocycles. The molecule has 1 atom stereocenters. The lowest BCUT2D eigenvalue weighted by Crippen LogP contribution is -2.22. The average Bonchev–Trinajstić information content (AvgIpc) is 3.36. The van der Waals surface area contributed by atoms with E-state index in [1.165, 1.54) is 5.56 Å². The van der Waals surface area contributed by atoms with Crippen molar-refractivity contribution in [1.29, 1.82) is 0 Å². The van der Waals surface area contributed by atoms with Crippen LogP contribution in [0.1, 0.15) is 49.8 Å². The van der Waals surface area contributed by atoms with Crippen LogP contribution in [0.25, 0.3) is 0 Å². The van der Waals surface area contributed by atoms with Gasteiger partial charge in [0.15, 0.2) is 0 Å². The van der Waals surface area contributed by atoms with Crippen LogP contribution in [0.15, 0.2) is 84.5 Å². The summed E-state index contributed by atoms with van der Waals surface area (Å²) in [7, 11) is 0. The van der Waals surface area contributed by atoms with E-state index < -0.39 is 0 Å². The Morgan fingerprint density at radius 3 is 2.47 bits per heavy atom. The standard InChI is InChI=1S/C26H31N3O3/c1-2-31-25(30)16-10-5-11-19-32-28-26(23-14-8-4-9-15-23)24(29-18-17-27-21-29)20-22-12-6-3-7-13-22/h3-4,6-9,12-15,17-18,21,24H,2,5,10-11,16,19-20H2,1H3/b28-26+. The molecular weight excluding hydrogens is 402 g/mol. The number of hydrogen-bond acceptors (Lipinski definition) is 5. The highest BCUT2D eigenvalue weighted by Crippen LogP contribution is 2.21. The molecule has 168 valence electrons. The van der Waals surface area contributed by atoms with Crippen molar-refractivity contribution < 1.29 is 14.4 Å². The maximum atomic E-state index is 11.4. The normalized spacial score (nSPS) is 12.3. The zero-order chi connectivity index (χ0) is 22.4. The van der Waals surface area contributed by atoms with Gasteiger partial charge >= 0.3 is 5.97 Å². The van der Waals surface area contributed by atoms with Crippen LogP contribution < -0.4 is 0 Å². The van der Waals surface area contributed by atoms with Crippen LogP contribution in [-0.2, 0) is 20.8 Å². The first-order valence-corrected chi connectivity index (χ1v) is 11.2. The van der Waals surface area contributed by atoms with Crippen LogP contribution in [0.5, 0.6) is 0 Å². The van der Waals surface area contributed by atoms with Crippen molar-refractivity contribution in [2.75, 3.05) is 13.2 Å². The first-order chi connectivity index (χ1) is 15.8. The molecule has 0 fully saturated rings. The molecule has 3 aromatic rings. The Morgan fingerprint density at radius 1 is 1.03 bits per heavy atom. The van der Waals surface area contributed by atoms with Crippen LogP contribution in [0, 0.1) is 0 Å². The summed E-state index contributed by atoms with van der Waals surface area (Å²) in [5.41, 5.74) is 3.09. The summed E-state index contributed by atoms with van der Waals surface area (Å²) in [6.07, 6.45) is 9.31. The molecule has 3 rings (SSSR count). The number of ether oxygens (including phenoxy) is 1. The molecule has 0 saturated heterocycles. The SMILES string of the molecule is CCOC(=O)CCCCCO/N=C(\c1ccccc1)C(Cc1ccccc1)n1ccnc1. The van der Waals surface area contributed by atoms with Gasteiger partial charge in [-0.3, -0.25) is 4.79 Å². The van der Waals surface area contributed by atoms with Gasteiger partial charge in [-0.15, -0.1) is 0 Å². The summed E-state index contributed by atoms with van der Waals surface area (Å²) in [6, 6.07) is 20.4. The van der Waals surface area contributed by atoms with E-state index in [0.717, 1.165) is 37.0 Å². The van der Waals surface area contributed by atoms with E-state index in [4.69, 9.17) is 9.57 Å². The quantitative estimate of drug-likeness (QED) is 0.161. The fourth-order valence-electron chi connectivity index (χ4n) is 3.51. The van der Waals surface area contributed by atoms with Crippen molar-refractivity contribution in [3.63, 3.8) is 0 Å². The Hall–Kier alpha value is -3.41. The smallest absolute Gasteiger partial charge is 0.305 e. The van der Waals surface area contributed by atoms with E-state index in [9.17, 15) is 4.79 Å². The highest BCUT2D eigenvalue weighted by molar-refractivity contribution is 6.03. The van der Waals surface area contributed by atoms with Crippen LogP contribution >= 0.6 is 0 Å². The largest absolute Gasteiger partial charge is 0.466 e. The second-order valence-electron chi connectivity index (χ2n) is 7.51. The van der Waals surface area contributed by atoms with Gasteiger partial charge in [0.05, 0.1) is 19.0 Å². The van der Waals surface area contributed by atoms with Crippen molar-refractivity contribution in [1.82, 2.24) is 9.55 Å². The Morgan fingerprint density at radius 2 is 1.78 bits per heavy atom. The third kappa shape index (κ3) is 7.38. The molecule has 6 nitrogen and oxygen atoms in total. The predicted octanol–water partition coefficient (Wildman–Crippen LogP) is 5.21. The number of hydrogen-bond donors (Lipinski definition) is 0. The Labute approximate surface area is 189 Å². The van der Waals surface area contributed by atoms with Gasteiger partial charge in [0.1, 0.15) is 12.3 Å².